The fraction of sp³-hybridized carbons (Fsp3) is 0.250. The first-order chi connectivity index (χ1) is 8.72. The van der Waals surface area contributed by atoms with Gasteiger partial charge in [0, 0.05) is 5.69 Å². The van der Waals surface area contributed by atoms with Crippen LogP contribution in [-0.2, 0) is 12.8 Å². The average Bonchev–Trinajstić information content (AvgIpc) is 2.41. The summed E-state index contributed by atoms with van der Waals surface area (Å²) in [5.41, 5.74) is 8.99. The molecule has 0 spiro atoms. The minimum absolute atomic E-state index is 0.749. The summed E-state index contributed by atoms with van der Waals surface area (Å²) >= 11 is 0. The molecule has 0 saturated carbocycles. The summed E-state index contributed by atoms with van der Waals surface area (Å²) < 4.78 is 5.90. The first-order valence-corrected chi connectivity index (χ1v) is 6.38. The predicted molar refractivity (Wildman–Crippen MR) is 76.1 cm³/mol. The molecule has 0 saturated heterocycles. The molecule has 0 amide bonds. The van der Waals surface area contributed by atoms with Gasteiger partial charge in [-0.2, -0.15) is 0 Å². The van der Waals surface area contributed by atoms with Gasteiger partial charge in [-0.15, -0.1) is 0 Å². The number of nitrogens with two attached hydrogens (primary N) is 1. The van der Waals surface area contributed by atoms with E-state index < -0.39 is 0 Å². The lowest BCUT2D eigenvalue weighted by atomic mass is 10.1. The van der Waals surface area contributed by atoms with Crippen LogP contribution >= 0.6 is 0 Å². The second-order valence-electron chi connectivity index (χ2n) is 4.32. The van der Waals surface area contributed by atoms with E-state index in [9.17, 15) is 0 Å². The largest absolute Gasteiger partial charge is 0.457 e. The first-order valence-electron chi connectivity index (χ1n) is 6.38. The summed E-state index contributed by atoms with van der Waals surface area (Å²) in [5.74, 6) is 1.75. The van der Waals surface area contributed by atoms with E-state index in [1.165, 1.54) is 11.1 Å². The Bertz CT molecular complexity index is 517. The van der Waals surface area contributed by atoms with Gasteiger partial charge in [-0.05, 0) is 54.3 Å². The van der Waals surface area contributed by atoms with Crippen molar-refractivity contribution in [3.8, 4) is 11.5 Å². The third-order valence-electron chi connectivity index (χ3n) is 3.02. The minimum atomic E-state index is 0.749. The summed E-state index contributed by atoms with van der Waals surface area (Å²) in [6.45, 7) is 4.31. The Hall–Kier alpha value is -1.96. The van der Waals surface area contributed by atoms with E-state index in [1.807, 2.05) is 30.3 Å². The van der Waals surface area contributed by atoms with Gasteiger partial charge in [-0.1, -0.05) is 26.0 Å². The van der Waals surface area contributed by atoms with Gasteiger partial charge in [0.25, 0.3) is 0 Å². The number of ether oxygens (including phenoxy) is 1. The standard InChI is InChI=1S/C16H19NO/c1-3-12-5-10-16(13(4-2)11-12)18-15-8-6-14(17)7-9-15/h5-11H,3-4,17H2,1-2H3. The highest BCUT2D eigenvalue weighted by molar-refractivity contribution is 5.45. The molecule has 94 valence electrons. The molecule has 0 unspecified atom stereocenters. The molecular weight excluding hydrogens is 222 g/mol. The molecule has 2 rings (SSSR count). The van der Waals surface area contributed by atoms with Gasteiger partial charge in [-0.25, -0.2) is 0 Å². The maximum absolute atomic E-state index is 5.90. The quantitative estimate of drug-likeness (QED) is 0.815. The summed E-state index contributed by atoms with van der Waals surface area (Å²) in [7, 11) is 0. The molecule has 2 N–H and O–H groups in total. The maximum Gasteiger partial charge on any atom is 0.130 e. The minimum Gasteiger partial charge on any atom is -0.457 e. The molecule has 18 heavy (non-hydrogen) atoms. The van der Waals surface area contributed by atoms with Crippen LogP contribution in [0.3, 0.4) is 0 Å². The molecule has 2 heteroatoms. The van der Waals surface area contributed by atoms with E-state index in [-0.39, 0.29) is 0 Å². The zero-order valence-corrected chi connectivity index (χ0v) is 10.9. The van der Waals surface area contributed by atoms with Crippen molar-refractivity contribution in [2.45, 2.75) is 26.7 Å². The van der Waals surface area contributed by atoms with E-state index in [2.05, 4.69) is 26.0 Å². The number of rotatable bonds is 4. The lowest BCUT2D eigenvalue weighted by Crippen LogP contribution is -1.93. The van der Waals surface area contributed by atoms with E-state index in [0.717, 1.165) is 30.0 Å². The Morgan fingerprint density at radius 3 is 2.28 bits per heavy atom. The summed E-state index contributed by atoms with van der Waals surface area (Å²) in [6, 6.07) is 13.9. The third kappa shape index (κ3) is 2.83. The Morgan fingerprint density at radius 2 is 1.67 bits per heavy atom. The van der Waals surface area contributed by atoms with Crippen LogP contribution in [-0.4, -0.2) is 0 Å². The number of anilines is 1. The molecule has 0 bridgehead atoms. The van der Waals surface area contributed by atoms with Crippen molar-refractivity contribution < 1.29 is 4.74 Å². The fourth-order valence-electron chi connectivity index (χ4n) is 1.89. The van der Waals surface area contributed by atoms with Crippen molar-refractivity contribution >= 4 is 5.69 Å². The lowest BCUT2D eigenvalue weighted by Gasteiger charge is -2.11. The van der Waals surface area contributed by atoms with E-state index in [4.69, 9.17) is 10.5 Å². The van der Waals surface area contributed by atoms with Crippen molar-refractivity contribution in [1.29, 1.82) is 0 Å². The van der Waals surface area contributed by atoms with Crippen molar-refractivity contribution in [2.24, 2.45) is 0 Å². The third-order valence-corrected chi connectivity index (χ3v) is 3.02. The fourth-order valence-corrected chi connectivity index (χ4v) is 1.89. The molecule has 0 aliphatic rings. The molecule has 0 fully saturated rings. The zero-order valence-electron chi connectivity index (χ0n) is 10.9. The summed E-state index contributed by atoms with van der Waals surface area (Å²) in [4.78, 5) is 0. The van der Waals surface area contributed by atoms with Crippen molar-refractivity contribution in [3.05, 3.63) is 53.6 Å². The number of benzene rings is 2. The average molecular weight is 241 g/mol. The SMILES string of the molecule is CCc1ccc(Oc2ccc(N)cc2)c(CC)c1. The van der Waals surface area contributed by atoms with E-state index in [1.54, 1.807) is 0 Å². The molecule has 0 heterocycles. The van der Waals surface area contributed by atoms with Crippen LogP contribution < -0.4 is 10.5 Å². The maximum atomic E-state index is 5.90. The Labute approximate surface area is 108 Å². The van der Waals surface area contributed by atoms with Crippen molar-refractivity contribution in [3.63, 3.8) is 0 Å². The second-order valence-corrected chi connectivity index (χ2v) is 4.32. The van der Waals surface area contributed by atoms with Crippen LogP contribution in [0.1, 0.15) is 25.0 Å². The number of aryl methyl sites for hydroxylation is 2. The van der Waals surface area contributed by atoms with E-state index in [0.29, 0.717) is 0 Å². The molecule has 0 aromatic heterocycles. The number of hydrogen-bond donors (Lipinski definition) is 1. The molecule has 0 atom stereocenters. The Balaban J connectivity index is 2.25. The molecule has 0 radical (unpaired) electrons. The summed E-state index contributed by atoms with van der Waals surface area (Å²) in [6.07, 6.45) is 2.02. The van der Waals surface area contributed by atoms with Crippen LogP contribution in [0.5, 0.6) is 11.5 Å². The molecule has 2 nitrogen and oxygen atoms in total. The smallest absolute Gasteiger partial charge is 0.130 e. The van der Waals surface area contributed by atoms with Gasteiger partial charge in [0.2, 0.25) is 0 Å². The molecule has 0 aliphatic carbocycles. The van der Waals surface area contributed by atoms with E-state index >= 15 is 0 Å². The van der Waals surface area contributed by atoms with Gasteiger partial charge in [0.05, 0.1) is 0 Å². The van der Waals surface area contributed by atoms with Gasteiger partial charge in [0.15, 0.2) is 0 Å². The lowest BCUT2D eigenvalue weighted by molar-refractivity contribution is 0.476. The second kappa shape index (κ2) is 5.58. The Kier molecular flexibility index (Phi) is 3.88. The van der Waals surface area contributed by atoms with Crippen LogP contribution in [0.2, 0.25) is 0 Å². The van der Waals surface area contributed by atoms with Gasteiger partial charge >= 0.3 is 0 Å². The zero-order chi connectivity index (χ0) is 13.0. The van der Waals surface area contributed by atoms with Crippen LogP contribution in [0.25, 0.3) is 0 Å². The van der Waals surface area contributed by atoms with Gasteiger partial charge in [0.1, 0.15) is 11.5 Å². The number of nitrogen functional groups attached to an aromatic ring is 1. The van der Waals surface area contributed by atoms with Gasteiger partial charge in [-0.3, -0.25) is 0 Å². The molecule has 0 aliphatic heterocycles. The highest BCUT2D eigenvalue weighted by Crippen LogP contribution is 2.27. The molecule has 2 aromatic carbocycles. The van der Waals surface area contributed by atoms with Crippen LogP contribution in [0.4, 0.5) is 5.69 Å². The number of hydrogen-bond acceptors (Lipinski definition) is 2. The highest BCUT2D eigenvalue weighted by atomic mass is 16.5. The normalized spacial score (nSPS) is 10.3. The van der Waals surface area contributed by atoms with Crippen LogP contribution in [0.15, 0.2) is 42.5 Å². The monoisotopic (exact) mass is 241 g/mol. The summed E-state index contributed by atoms with van der Waals surface area (Å²) in [5, 5.41) is 0. The van der Waals surface area contributed by atoms with Gasteiger partial charge < -0.3 is 10.5 Å². The van der Waals surface area contributed by atoms with Crippen LogP contribution in [0, 0.1) is 0 Å². The predicted octanol–water partition coefficient (Wildman–Crippen LogP) is 4.19. The highest BCUT2D eigenvalue weighted by Gasteiger charge is 2.04. The van der Waals surface area contributed by atoms with Crippen molar-refractivity contribution in [1.82, 2.24) is 0 Å². The molecule has 2 aromatic rings. The molecular formula is C16H19NO. The topological polar surface area (TPSA) is 35.2 Å². The van der Waals surface area contributed by atoms with Crippen molar-refractivity contribution in [2.75, 3.05) is 5.73 Å². The Morgan fingerprint density at radius 1 is 0.944 bits per heavy atom. The first kappa shape index (κ1) is 12.5.